The quantitative estimate of drug-likeness (QED) is 0.600. The van der Waals surface area contributed by atoms with E-state index in [1.54, 1.807) is 38.1 Å². The van der Waals surface area contributed by atoms with Crippen molar-refractivity contribution in [1.82, 2.24) is 5.32 Å². The molecule has 1 rings (SSSR count). The van der Waals surface area contributed by atoms with Gasteiger partial charge in [-0.15, -0.1) is 0 Å². The highest BCUT2D eigenvalue weighted by molar-refractivity contribution is 5.81. The lowest BCUT2D eigenvalue weighted by atomic mass is 10.1. The number of phenols is 1. The van der Waals surface area contributed by atoms with Crippen LogP contribution in [0.25, 0.3) is 0 Å². The van der Waals surface area contributed by atoms with Gasteiger partial charge in [0.15, 0.2) is 0 Å². The summed E-state index contributed by atoms with van der Waals surface area (Å²) in [7, 11) is 0. The molecule has 0 aliphatic heterocycles. The highest BCUT2D eigenvalue weighted by atomic mass is 16.3. The number of hydrogen-bond donors (Lipinski definition) is 4. The van der Waals surface area contributed by atoms with E-state index in [1.165, 1.54) is 0 Å². The van der Waals surface area contributed by atoms with Gasteiger partial charge in [-0.1, -0.05) is 12.1 Å². The Morgan fingerprint density at radius 2 is 1.94 bits per heavy atom. The van der Waals surface area contributed by atoms with Crippen LogP contribution in [0.1, 0.15) is 19.4 Å². The number of aromatic hydroxyl groups is 1. The fourth-order valence-corrected chi connectivity index (χ4v) is 1.41. The minimum atomic E-state index is -0.950. The molecule has 1 amide bonds. The molecule has 18 heavy (non-hydrogen) atoms. The first-order chi connectivity index (χ1) is 8.28. The summed E-state index contributed by atoms with van der Waals surface area (Å²) in [5, 5.41) is 21.2. The van der Waals surface area contributed by atoms with E-state index in [2.05, 4.69) is 5.32 Å². The number of benzene rings is 1. The number of carbonyl (C=O) groups excluding carboxylic acids is 1. The van der Waals surface area contributed by atoms with Gasteiger partial charge >= 0.3 is 0 Å². The molecule has 0 unspecified atom stereocenters. The number of rotatable bonds is 5. The van der Waals surface area contributed by atoms with Gasteiger partial charge in [-0.25, -0.2) is 0 Å². The Balaban J connectivity index is 2.47. The number of phenolic OH excluding ortho intramolecular Hbond substituents is 1. The van der Waals surface area contributed by atoms with Crippen LogP contribution in [0.2, 0.25) is 0 Å². The highest BCUT2D eigenvalue weighted by Gasteiger charge is 2.18. The zero-order chi connectivity index (χ0) is 13.8. The Bertz CT molecular complexity index is 396. The molecule has 0 saturated heterocycles. The van der Waals surface area contributed by atoms with Crippen molar-refractivity contribution in [3.63, 3.8) is 0 Å². The van der Waals surface area contributed by atoms with Crippen LogP contribution >= 0.6 is 0 Å². The maximum absolute atomic E-state index is 11.7. The summed E-state index contributed by atoms with van der Waals surface area (Å²) in [6, 6.07) is 5.88. The number of hydrogen-bond acceptors (Lipinski definition) is 4. The molecule has 1 aromatic carbocycles. The van der Waals surface area contributed by atoms with Crippen LogP contribution in [-0.2, 0) is 11.2 Å². The Labute approximate surface area is 107 Å². The lowest BCUT2D eigenvalue weighted by molar-refractivity contribution is -0.123. The Hall–Kier alpha value is -1.59. The number of nitrogens with one attached hydrogen (secondary N) is 1. The molecule has 0 radical (unpaired) electrons. The van der Waals surface area contributed by atoms with Gasteiger partial charge in [0, 0.05) is 6.54 Å². The third kappa shape index (κ3) is 5.16. The zero-order valence-corrected chi connectivity index (χ0v) is 10.7. The summed E-state index contributed by atoms with van der Waals surface area (Å²) < 4.78 is 0. The van der Waals surface area contributed by atoms with Gasteiger partial charge < -0.3 is 21.3 Å². The highest BCUT2D eigenvalue weighted by Crippen LogP contribution is 2.10. The van der Waals surface area contributed by atoms with E-state index in [0.717, 1.165) is 5.56 Å². The van der Waals surface area contributed by atoms with Crippen molar-refractivity contribution >= 4 is 5.91 Å². The van der Waals surface area contributed by atoms with E-state index >= 15 is 0 Å². The molecule has 5 nitrogen and oxygen atoms in total. The zero-order valence-electron chi connectivity index (χ0n) is 10.7. The minimum Gasteiger partial charge on any atom is -0.508 e. The Morgan fingerprint density at radius 3 is 2.44 bits per heavy atom. The van der Waals surface area contributed by atoms with E-state index in [4.69, 9.17) is 10.8 Å². The molecule has 0 aliphatic rings. The van der Waals surface area contributed by atoms with Crippen LogP contribution in [0.3, 0.4) is 0 Å². The lowest BCUT2D eigenvalue weighted by Gasteiger charge is -2.19. The largest absolute Gasteiger partial charge is 0.508 e. The summed E-state index contributed by atoms with van der Waals surface area (Å²) >= 11 is 0. The molecule has 0 bridgehead atoms. The summed E-state index contributed by atoms with van der Waals surface area (Å²) in [5.41, 5.74) is 5.68. The molecular formula is C13H20N2O3. The number of carbonyl (C=O) groups is 1. The van der Waals surface area contributed by atoms with Gasteiger partial charge in [-0.05, 0) is 38.0 Å². The molecule has 0 fully saturated rings. The fourth-order valence-electron chi connectivity index (χ4n) is 1.41. The summed E-state index contributed by atoms with van der Waals surface area (Å²) in [4.78, 5) is 11.7. The molecule has 0 saturated carbocycles. The Morgan fingerprint density at radius 1 is 1.39 bits per heavy atom. The first-order valence-electron chi connectivity index (χ1n) is 5.81. The van der Waals surface area contributed by atoms with Gasteiger partial charge in [0.05, 0.1) is 11.6 Å². The molecule has 0 spiro atoms. The summed E-state index contributed by atoms with van der Waals surface area (Å²) in [6.07, 6.45) is 0.387. The third-order valence-corrected chi connectivity index (χ3v) is 2.42. The smallest absolute Gasteiger partial charge is 0.237 e. The Kier molecular flexibility index (Phi) is 4.69. The molecule has 1 aromatic rings. The molecule has 1 atom stereocenters. The predicted octanol–water partition coefficient (Wildman–Crippen LogP) is 0.149. The van der Waals surface area contributed by atoms with Crippen LogP contribution in [-0.4, -0.2) is 34.3 Å². The molecule has 0 aliphatic carbocycles. The van der Waals surface area contributed by atoms with Crippen LogP contribution in [0.15, 0.2) is 24.3 Å². The lowest BCUT2D eigenvalue weighted by Crippen LogP contribution is -2.46. The SMILES string of the molecule is CC(C)(O)CNC(=O)[C@@H](N)Cc1ccc(O)cc1. The van der Waals surface area contributed by atoms with Gasteiger partial charge in [0.25, 0.3) is 0 Å². The topological polar surface area (TPSA) is 95.6 Å². The molecule has 5 N–H and O–H groups in total. The number of aliphatic hydroxyl groups is 1. The molecule has 5 heteroatoms. The van der Waals surface area contributed by atoms with Crippen LogP contribution in [0, 0.1) is 0 Å². The summed E-state index contributed by atoms with van der Waals surface area (Å²) in [6.45, 7) is 3.38. The van der Waals surface area contributed by atoms with Crippen molar-refractivity contribution in [3.8, 4) is 5.75 Å². The van der Waals surface area contributed by atoms with Crippen LogP contribution in [0.4, 0.5) is 0 Å². The van der Waals surface area contributed by atoms with Gasteiger partial charge in [0.1, 0.15) is 5.75 Å². The first-order valence-corrected chi connectivity index (χ1v) is 5.81. The molecular weight excluding hydrogens is 232 g/mol. The van der Waals surface area contributed by atoms with Gasteiger partial charge in [0.2, 0.25) is 5.91 Å². The maximum Gasteiger partial charge on any atom is 0.237 e. The van der Waals surface area contributed by atoms with Crippen molar-refractivity contribution in [1.29, 1.82) is 0 Å². The molecule has 0 heterocycles. The van der Waals surface area contributed by atoms with Crippen molar-refractivity contribution in [2.75, 3.05) is 6.54 Å². The van der Waals surface area contributed by atoms with Crippen LogP contribution < -0.4 is 11.1 Å². The van der Waals surface area contributed by atoms with Crippen molar-refractivity contribution in [3.05, 3.63) is 29.8 Å². The van der Waals surface area contributed by atoms with Gasteiger partial charge in [-0.3, -0.25) is 4.79 Å². The predicted molar refractivity (Wildman–Crippen MR) is 69.1 cm³/mol. The van der Waals surface area contributed by atoms with E-state index < -0.39 is 11.6 Å². The number of nitrogens with two attached hydrogens (primary N) is 1. The molecule has 100 valence electrons. The van der Waals surface area contributed by atoms with E-state index in [1.807, 2.05) is 0 Å². The third-order valence-electron chi connectivity index (χ3n) is 2.42. The monoisotopic (exact) mass is 252 g/mol. The fraction of sp³-hybridized carbons (Fsp3) is 0.462. The van der Waals surface area contributed by atoms with Gasteiger partial charge in [-0.2, -0.15) is 0 Å². The second-order valence-electron chi connectivity index (χ2n) is 5.01. The molecule has 0 aromatic heterocycles. The van der Waals surface area contributed by atoms with Crippen LogP contribution in [0.5, 0.6) is 5.75 Å². The normalized spacial score (nSPS) is 13.1. The van der Waals surface area contributed by atoms with E-state index in [9.17, 15) is 9.90 Å². The van der Waals surface area contributed by atoms with Crippen molar-refractivity contribution in [2.24, 2.45) is 5.73 Å². The van der Waals surface area contributed by atoms with Crippen molar-refractivity contribution < 1.29 is 15.0 Å². The second-order valence-corrected chi connectivity index (χ2v) is 5.01. The minimum absolute atomic E-state index is 0.162. The standard InChI is InChI=1S/C13H20N2O3/c1-13(2,18)8-15-12(17)11(14)7-9-3-5-10(16)6-4-9/h3-6,11,16,18H,7-8,14H2,1-2H3,(H,15,17)/t11-/m0/s1. The second kappa shape index (κ2) is 5.84. The van der Waals surface area contributed by atoms with E-state index in [-0.39, 0.29) is 18.2 Å². The first kappa shape index (κ1) is 14.5. The maximum atomic E-state index is 11.7. The van der Waals surface area contributed by atoms with Crippen molar-refractivity contribution in [2.45, 2.75) is 31.9 Å². The average Bonchev–Trinajstić information content (AvgIpc) is 2.28. The number of amides is 1. The average molecular weight is 252 g/mol. The van der Waals surface area contributed by atoms with E-state index in [0.29, 0.717) is 6.42 Å². The summed E-state index contributed by atoms with van der Waals surface area (Å²) in [5.74, 6) is -0.121.